The van der Waals surface area contributed by atoms with Crippen LogP contribution in [0.1, 0.15) is 34.8 Å². The van der Waals surface area contributed by atoms with Gasteiger partial charge >= 0.3 is 0 Å². The first-order chi connectivity index (χ1) is 10.2. The maximum atomic E-state index is 10.8. The zero-order chi connectivity index (χ0) is 15.0. The van der Waals surface area contributed by atoms with Crippen LogP contribution in [0.15, 0.2) is 54.3 Å². The summed E-state index contributed by atoms with van der Waals surface area (Å²) in [6.45, 7) is 7.79. The number of hydrogen-bond donors (Lipinski definition) is 1. The molecule has 1 unspecified atom stereocenters. The van der Waals surface area contributed by atoms with Crippen LogP contribution in [0.4, 0.5) is 0 Å². The van der Waals surface area contributed by atoms with Gasteiger partial charge in [-0.25, -0.2) is 0 Å². The van der Waals surface area contributed by atoms with E-state index in [4.69, 9.17) is 4.74 Å². The molecule has 0 fully saturated rings. The highest BCUT2D eigenvalue weighted by molar-refractivity contribution is 5.66. The summed E-state index contributed by atoms with van der Waals surface area (Å²) >= 11 is 0. The minimum Gasteiger partial charge on any atom is -0.497 e. The molecule has 0 bridgehead atoms. The summed E-state index contributed by atoms with van der Waals surface area (Å²) in [7, 11) is 1.60. The van der Waals surface area contributed by atoms with Crippen molar-refractivity contribution in [2.45, 2.75) is 25.4 Å². The van der Waals surface area contributed by atoms with Crippen LogP contribution < -0.4 is 0 Å². The molecule has 21 heavy (non-hydrogen) atoms. The molecule has 2 aliphatic rings. The summed E-state index contributed by atoms with van der Waals surface area (Å²) in [5.41, 5.74) is 6.40. The molecule has 108 valence electrons. The number of fused-ring (bicyclic) bond motifs is 3. The van der Waals surface area contributed by atoms with E-state index in [0.717, 1.165) is 41.5 Å². The molecule has 0 heterocycles. The Morgan fingerprint density at radius 1 is 1.38 bits per heavy atom. The van der Waals surface area contributed by atoms with Gasteiger partial charge in [-0.1, -0.05) is 43.5 Å². The first kappa shape index (κ1) is 13.9. The van der Waals surface area contributed by atoms with E-state index in [2.05, 4.69) is 37.4 Å². The Kier molecular flexibility index (Phi) is 3.56. The molecule has 0 saturated heterocycles. The lowest BCUT2D eigenvalue weighted by atomic mass is 9.78. The molecule has 2 heteroatoms. The highest BCUT2D eigenvalue weighted by Crippen LogP contribution is 2.41. The first-order valence-corrected chi connectivity index (χ1v) is 7.25. The highest BCUT2D eigenvalue weighted by Gasteiger charge is 2.29. The smallest absolute Gasteiger partial charge is 0.115 e. The third-order valence-corrected chi connectivity index (χ3v) is 4.42. The lowest BCUT2D eigenvalue weighted by Crippen LogP contribution is -2.18. The Labute approximate surface area is 125 Å². The number of methoxy groups -OCH3 is 1. The molecule has 0 saturated carbocycles. The third-order valence-electron chi connectivity index (χ3n) is 4.42. The molecule has 1 aromatic rings. The van der Waals surface area contributed by atoms with Crippen molar-refractivity contribution in [3.8, 4) is 0 Å². The van der Waals surface area contributed by atoms with Gasteiger partial charge in [-0.15, -0.1) is 0 Å². The van der Waals surface area contributed by atoms with Gasteiger partial charge in [0, 0.05) is 12.0 Å². The highest BCUT2D eigenvalue weighted by atomic mass is 16.5. The SMILES string of the molecule is C=CC1=C(C(=C)OC)Cc2ccc3c(c2C1O)C=CCC3. The maximum absolute atomic E-state index is 10.8. The van der Waals surface area contributed by atoms with E-state index in [1.54, 1.807) is 13.2 Å². The van der Waals surface area contributed by atoms with Gasteiger partial charge in [0.2, 0.25) is 0 Å². The summed E-state index contributed by atoms with van der Waals surface area (Å²) in [6.07, 6.45) is 8.20. The second kappa shape index (κ2) is 5.38. The number of aryl methyl sites for hydroxylation is 1. The minimum absolute atomic E-state index is 0.600. The van der Waals surface area contributed by atoms with Crippen molar-refractivity contribution in [3.05, 3.63) is 76.6 Å². The Hall–Kier alpha value is -2.06. The predicted molar refractivity (Wildman–Crippen MR) is 85.8 cm³/mol. The average molecular weight is 280 g/mol. The van der Waals surface area contributed by atoms with E-state index in [1.807, 2.05) is 0 Å². The van der Waals surface area contributed by atoms with Crippen LogP contribution in [0.25, 0.3) is 6.08 Å². The molecule has 2 nitrogen and oxygen atoms in total. The monoisotopic (exact) mass is 280 g/mol. The van der Waals surface area contributed by atoms with E-state index < -0.39 is 6.10 Å². The number of hydrogen-bond acceptors (Lipinski definition) is 2. The van der Waals surface area contributed by atoms with Crippen molar-refractivity contribution >= 4 is 6.08 Å². The molecule has 1 N–H and O–H groups in total. The Morgan fingerprint density at radius 2 is 2.14 bits per heavy atom. The molecule has 1 atom stereocenters. The summed E-state index contributed by atoms with van der Waals surface area (Å²) in [6, 6.07) is 4.30. The quantitative estimate of drug-likeness (QED) is 0.851. The second-order valence-corrected chi connectivity index (χ2v) is 5.50. The van der Waals surface area contributed by atoms with Gasteiger partial charge in [-0.05, 0) is 40.7 Å². The van der Waals surface area contributed by atoms with Gasteiger partial charge in [-0.3, -0.25) is 0 Å². The van der Waals surface area contributed by atoms with Gasteiger partial charge < -0.3 is 9.84 Å². The summed E-state index contributed by atoms with van der Waals surface area (Å²) in [5.74, 6) is 0.600. The van der Waals surface area contributed by atoms with E-state index in [1.165, 1.54) is 11.1 Å². The fraction of sp³-hybridized carbons (Fsp3) is 0.263. The minimum atomic E-state index is -0.661. The Morgan fingerprint density at radius 3 is 2.86 bits per heavy atom. The number of aliphatic hydroxyl groups is 1. The number of benzene rings is 1. The molecular formula is C19H20O2. The number of allylic oxidation sites excluding steroid dienone is 2. The van der Waals surface area contributed by atoms with Gasteiger partial charge in [0.05, 0.1) is 7.11 Å². The van der Waals surface area contributed by atoms with Crippen molar-refractivity contribution < 1.29 is 9.84 Å². The zero-order valence-corrected chi connectivity index (χ0v) is 12.4. The van der Waals surface area contributed by atoms with Crippen molar-refractivity contribution in [2.75, 3.05) is 7.11 Å². The van der Waals surface area contributed by atoms with Crippen LogP contribution in [-0.4, -0.2) is 12.2 Å². The lowest BCUT2D eigenvalue weighted by Gasteiger charge is -2.30. The second-order valence-electron chi connectivity index (χ2n) is 5.50. The van der Waals surface area contributed by atoms with Crippen LogP contribution in [0.2, 0.25) is 0 Å². The molecule has 1 aromatic carbocycles. The van der Waals surface area contributed by atoms with E-state index >= 15 is 0 Å². The van der Waals surface area contributed by atoms with E-state index in [9.17, 15) is 5.11 Å². The van der Waals surface area contributed by atoms with Gasteiger partial charge in [0.15, 0.2) is 0 Å². The van der Waals surface area contributed by atoms with Crippen molar-refractivity contribution in [1.82, 2.24) is 0 Å². The summed E-state index contributed by atoms with van der Waals surface area (Å²) in [4.78, 5) is 0. The largest absolute Gasteiger partial charge is 0.497 e. The lowest BCUT2D eigenvalue weighted by molar-refractivity contribution is 0.211. The van der Waals surface area contributed by atoms with Crippen molar-refractivity contribution in [2.24, 2.45) is 0 Å². The molecule has 0 aliphatic heterocycles. The fourth-order valence-electron chi connectivity index (χ4n) is 3.29. The van der Waals surface area contributed by atoms with Crippen molar-refractivity contribution in [3.63, 3.8) is 0 Å². The Balaban J connectivity index is 2.17. The fourth-order valence-corrected chi connectivity index (χ4v) is 3.29. The standard InChI is InChI=1S/C19H20O2/c1-4-15-17(12(2)21-3)11-14-10-9-13-7-5-6-8-16(13)18(14)19(15)20/h4,6,8-10,19-20H,1-2,5,7,11H2,3H3. The predicted octanol–water partition coefficient (Wildman–Crippen LogP) is 3.88. The zero-order valence-electron chi connectivity index (χ0n) is 12.4. The van der Waals surface area contributed by atoms with Crippen LogP contribution in [0.3, 0.4) is 0 Å². The van der Waals surface area contributed by atoms with E-state index in [0.29, 0.717) is 5.76 Å². The van der Waals surface area contributed by atoms with E-state index in [-0.39, 0.29) is 0 Å². The van der Waals surface area contributed by atoms with Gasteiger partial charge in [0.25, 0.3) is 0 Å². The molecule has 3 rings (SSSR count). The van der Waals surface area contributed by atoms with Gasteiger partial charge in [0.1, 0.15) is 11.9 Å². The number of ether oxygens (including phenoxy) is 1. The Bertz CT molecular complexity index is 677. The first-order valence-electron chi connectivity index (χ1n) is 7.25. The third kappa shape index (κ3) is 2.16. The molecule has 0 radical (unpaired) electrons. The average Bonchev–Trinajstić information content (AvgIpc) is 2.53. The summed E-state index contributed by atoms with van der Waals surface area (Å²) in [5, 5.41) is 10.8. The van der Waals surface area contributed by atoms with Crippen LogP contribution in [-0.2, 0) is 17.6 Å². The topological polar surface area (TPSA) is 29.5 Å². The molecule has 0 aromatic heterocycles. The number of rotatable bonds is 3. The van der Waals surface area contributed by atoms with Crippen LogP contribution >= 0.6 is 0 Å². The van der Waals surface area contributed by atoms with Gasteiger partial charge in [-0.2, -0.15) is 0 Å². The number of aliphatic hydroxyl groups excluding tert-OH is 1. The van der Waals surface area contributed by atoms with Crippen LogP contribution in [0.5, 0.6) is 0 Å². The molecule has 2 aliphatic carbocycles. The molecule has 0 spiro atoms. The molecular weight excluding hydrogens is 260 g/mol. The summed E-state index contributed by atoms with van der Waals surface area (Å²) < 4.78 is 5.27. The van der Waals surface area contributed by atoms with Crippen LogP contribution in [0, 0.1) is 0 Å². The molecule has 0 amide bonds. The maximum Gasteiger partial charge on any atom is 0.115 e. The van der Waals surface area contributed by atoms with Crippen molar-refractivity contribution in [1.29, 1.82) is 0 Å². The normalized spacial score (nSPS) is 19.8.